The van der Waals surface area contributed by atoms with Crippen LogP contribution in [0.15, 0.2) is 18.2 Å². The third kappa shape index (κ3) is 4.00. The molecule has 0 bridgehead atoms. The van der Waals surface area contributed by atoms with Crippen LogP contribution in [-0.2, 0) is 9.59 Å². The largest absolute Gasteiger partial charge is 0.481 e. The molecule has 2 amide bonds. The zero-order valence-corrected chi connectivity index (χ0v) is 13.5. The van der Waals surface area contributed by atoms with Gasteiger partial charge < -0.3 is 15.4 Å². The number of benzene rings is 1. The number of likely N-dealkylation sites (tertiary alicyclic amines) is 1. The fourth-order valence-electron chi connectivity index (χ4n) is 2.90. The minimum atomic E-state index is -0.536. The lowest BCUT2D eigenvalue weighted by molar-refractivity contribution is -0.140. The molecule has 0 radical (unpaired) electrons. The number of amides is 2. The molecule has 5 heteroatoms. The Hall–Kier alpha value is -2.04. The summed E-state index contributed by atoms with van der Waals surface area (Å²) in [6, 6.07) is 5.92. The molecule has 1 heterocycles. The maximum atomic E-state index is 12.4. The molecule has 0 saturated carbocycles. The fourth-order valence-corrected chi connectivity index (χ4v) is 2.90. The van der Waals surface area contributed by atoms with Crippen molar-refractivity contribution in [2.24, 2.45) is 11.7 Å². The Bertz CT molecular complexity index is 543. The molecule has 2 rings (SSSR count). The summed E-state index contributed by atoms with van der Waals surface area (Å²) in [4.78, 5) is 25.4. The molecule has 0 aromatic heterocycles. The lowest BCUT2D eigenvalue weighted by Crippen LogP contribution is -2.46. The van der Waals surface area contributed by atoms with Crippen LogP contribution >= 0.6 is 0 Å². The Kier molecular flexibility index (Phi) is 5.06. The molecular formula is C17H24N2O3. The van der Waals surface area contributed by atoms with Gasteiger partial charge in [-0.25, -0.2) is 0 Å². The molecule has 1 aliphatic rings. The zero-order valence-electron chi connectivity index (χ0n) is 13.5. The molecule has 5 nitrogen and oxygen atoms in total. The first-order valence-corrected chi connectivity index (χ1v) is 7.70. The Morgan fingerprint density at radius 1 is 1.18 bits per heavy atom. The van der Waals surface area contributed by atoms with Gasteiger partial charge in [-0.15, -0.1) is 0 Å². The normalized spacial score (nSPS) is 17.1. The minimum Gasteiger partial charge on any atom is -0.481 e. The topological polar surface area (TPSA) is 72.6 Å². The van der Waals surface area contributed by atoms with Crippen LogP contribution in [0.2, 0.25) is 0 Å². The number of nitrogens with zero attached hydrogens (tertiary/aromatic N) is 1. The maximum absolute atomic E-state index is 12.4. The van der Waals surface area contributed by atoms with Gasteiger partial charge in [0.2, 0.25) is 5.91 Å². The Labute approximate surface area is 131 Å². The van der Waals surface area contributed by atoms with E-state index in [1.54, 1.807) is 11.8 Å². The number of hydrogen-bond acceptors (Lipinski definition) is 3. The van der Waals surface area contributed by atoms with E-state index in [1.165, 1.54) is 0 Å². The quantitative estimate of drug-likeness (QED) is 0.922. The summed E-state index contributed by atoms with van der Waals surface area (Å²) in [5.74, 6) is 0.291. The van der Waals surface area contributed by atoms with E-state index in [1.807, 2.05) is 26.0 Å². The molecule has 1 aliphatic heterocycles. The highest BCUT2D eigenvalue weighted by molar-refractivity contribution is 5.82. The molecule has 1 aromatic carbocycles. The van der Waals surface area contributed by atoms with Gasteiger partial charge in [0.25, 0.3) is 5.91 Å². The highest BCUT2D eigenvalue weighted by Crippen LogP contribution is 2.20. The van der Waals surface area contributed by atoms with E-state index in [2.05, 4.69) is 6.07 Å². The Balaban J connectivity index is 1.94. The van der Waals surface area contributed by atoms with Crippen LogP contribution < -0.4 is 10.5 Å². The summed E-state index contributed by atoms with van der Waals surface area (Å²) in [7, 11) is 0. The number of aryl methyl sites for hydroxylation is 2. The molecule has 0 spiro atoms. The molecule has 2 N–H and O–H groups in total. The van der Waals surface area contributed by atoms with Crippen LogP contribution in [0.3, 0.4) is 0 Å². The van der Waals surface area contributed by atoms with Crippen LogP contribution in [0, 0.1) is 19.8 Å². The number of rotatable bonds is 4. The van der Waals surface area contributed by atoms with Gasteiger partial charge in [-0.3, -0.25) is 9.59 Å². The average molecular weight is 304 g/mol. The van der Waals surface area contributed by atoms with Gasteiger partial charge in [0, 0.05) is 19.0 Å². The highest BCUT2D eigenvalue weighted by Gasteiger charge is 2.29. The summed E-state index contributed by atoms with van der Waals surface area (Å²) in [5, 5.41) is 0. The molecule has 1 fully saturated rings. The summed E-state index contributed by atoms with van der Waals surface area (Å²) in [6.07, 6.45) is 0.737. The molecule has 1 aromatic rings. The van der Waals surface area contributed by atoms with Crippen molar-refractivity contribution >= 4 is 11.8 Å². The molecule has 0 unspecified atom stereocenters. The van der Waals surface area contributed by atoms with Gasteiger partial charge in [0.15, 0.2) is 6.10 Å². The van der Waals surface area contributed by atoms with E-state index in [0.29, 0.717) is 31.7 Å². The number of nitrogens with two attached hydrogens (primary N) is 1. The summed E-state index contributed by atoms with van der Waals surface area (Å²) in [6.45, 7) is 6.89. The van der Waals surface area contributed by atoms with Crippen molar-refractivity contribution in [2.75, 3.05) is 13.1 Å². The Morgan fingerprint density at radius 2 is 1.73 bits per heavy atom. The van der Waals surface area contributed by atoms with E-state index in [4.69, 9.17) is 10.5 Å². The molecule has 0 aliphatic carbocycles. The number of hydrogen-bond donors (Lipinski definition) is 1. The van der Waals surface area contributed by atoms with Crippen molar-refractivity contribution < 1.29 is 14.3 Å². The lowest BCUT2D eigenvalue weighted by atomic mass is 9.96. The van der Waals surface area contributed by atoms with Crippen molar-refractivity contribution in [2.45, 2.75) is 39.7 Å². The van der Waals surface area contributed by atoms with E-state index < -0.39 is 6.10 Å². The summed E-state index contributed by atoms with van der Waals surface area (Å²) in [5.41, 5.74) is 7.53. The SMILES string of the molecule is Cc1cc(C)cc(O[C@H](C)C(=O)N2CCC(C(N)=O)CC2)c1. The number of carbonyl (C=O) groups is 2. The van der Waals surface area contributed by atoms with Gasteiger partial charge >= 0.3 is 0 Å². The zero-order chi connectivity index (χ0) is 16.3. The second-order valence-corrected chi connectivity index (χ2v) is 6.09. The standard InChI is InChI=1S/C17H24N2O3/c1-11-8-12(2)10-15(9-11)22-13(3)17(21)19-6-4-14(5-7-19)16(18)20/h8-10,13-14H,4-7H2,1-3H3,(H2,18,20)/t13-/m1/s1. The van der Waals surface area contributed by atoms with Crippen molar-refractivity contribution in [1.82, 2.24) is 4.90 Å². The van der Waals surface area contributed by atoms with Crippen molar-refractivity contribution in [3.05, 3.63) is 29.3 Å². The minimum absolute atomic E-state index is 0.0397. The van der Waals surface area contributed by atoms with Gasteiger partial charge in [-0.2, -0.15) is 0 Å². The average Bonchev–Trinajstić information content (AvgIpc) is 2.45. The molecule has 1 atom stereocenters. The predicted octanol–water partition coefficient (Wildman–Crippen LogP) is 1.79. The van der Waals surface area contributed by atoms with Crippen LogP contribution in [0.1, 0.15) is 30.9 Å². The number of ether oxygens (including phenoxy) is 1. The first-order valence-electron chi connectivity index (χ1n) is 7.70. The second-order valence-electron chi connectivity index (χ2n) is 6.09. The first kappa shape index (κ1) is 16.3. The molecule has 1 saturated heterocycles. The van der Waals surface area contributed by atoms with Gasteiger partial charge in [-0.05, 0) is 56.9 Å². The first-order chi connectivity index (χ1) is 10.4. The molecule has 22 heavy (non-hydrogen) atoms. The molecule has 120 valence electrons. The third-order valence-electron chi connectivity index (χ3n) is 4.06. The summed E-state index contributed by atoms with van der Waals surface area (Å²) < 4.78 is 5.78. The van der Waals surface area contributed by atoms with Crippen LogP contribution in [0.5, 0.6) is 5.75 Å². The predicted molar refractivity (Wildman–Crippen MR) is 84.5 cm³/mol. The maximum Gasteiger partial charge on any atom is 0.263 e. The smallest absolute Gasteiger partial charge is 0.263 e. The number of piperidine rings is 1. The van der Waals surface area contributed by atoms with Crippen LogP contribution in [0.25, 0.3) is 0 Å². The van der Waals surface area contributed by atoms with E-state index in [-0.39, 0.29) is 17.7 Å². The van der Waals surface area contributed by atoms with E-state index in [0.717, 1.165) is 11.1 Å². The number of carbonyl (C=O) groups excluding carboxylic acids is 2. The Morgan fingerprint density at radius 3 is 2.23 bits per heavy atom. The van der Waals surface area contributed by atoms with Crippen molar-refractivity contribution in [1.29, 1.82) is 0 Å². The van der Waals surface area contributed by atoms with Crippen LogP contribution in [-0.4, -0.2) is 35.9 Å². The van der Waals surface area contributed by atoms with Gasteiger partial charge in [-0.1, -0.05) is 6.07 Å². The summed E-state index contributed by atoms with van der Waals surface area (Å²) >= 11 is 0. The van der Waals surface area contributed by atoms with Crippen LogP contribution in [0.4, 0.5) is 0 Å². The monoisotopic (exact) mass is 304 g/mol. The fraction of sp³-hybridized carbons (Fsp3) is 0.529. The van der Waals surface area contributed by atoms with E-state index in [9.17, 15) is 9.59 Å². The van der Waals surface area contributed by atoms with Crippen molar-refractivity contribution in [3.8, 4) is 5.75 Å². The molecular weight excluding hydrogens is 280 g/mol. The third-order valence-corrected chi connectivity index (χ3v) is 4.06. The highest BCUT2D eigenvalue weighted by atomic mass is 16.5. The lowest BCUT2D eigenvalue weighted by Gasteiger charge is -2.32. The second kappa shape index (κ2) is 6.81. The van der Waals surface area contributed by atoms with Crippen molar-refractivity contribution in [3.63, 3.8) is 0 Å². The number of primary amides is 1. The van der Waals surface area contributed by atoms with Gasteiger partial charge in [0.05, 0.1) is 0 Å². The van der Waals surface area contributed by atoms with E-state index >= 15 is 0 Å². The van der Waals surface area contributed by atoms with Gasteiger partial charge in [0.1, 0.15) is 5.75 Å².